The van der Waals surface area contributed by atoms with Gasteiger partial charge in [0.2, 0.25) is 17.7 Å². The van der Waals surface area contributed by atoms with Gasteiger partial charge in [-0.3, -0.25) is 39.0 Å². The number of benzene rings is 2. The number of amides is 5. The van der Waals surface area contributed by atoms with E-state index in [1.54, 1.807) is 51.9 Å². The maximum Gasteiger partial charge on any atom is 0.262 e. The van der Waals surface area contributed by atoms with E-state index in [9.17, 15) is 28.8 Å². The van der Waals surface area contributed by atoms with Crippen LogP contribution in [0.3, 0.4) is 0 Å². The number of carbonyl (C=O) groups is 5. The summed E-state index contributed by atoms with van der Waals surface area (Å²) in [6.07, 6.45) is 3.50. The number of aryl methyl sites for hydroxylation is 1. The molecular formula is C40H45N7O10. The van der Waals surface area contributed by atoms with Crippen molar-refractivity contribution < 1.29 is 42.9 Å². The van der Waals surface area contributed by atoms with Crippen molar-refractivity contribution in [2.75, 3.05) is 71.9 Å². The van der Waals surface area contributed by atoms with Crippen LogP contribution >= 0.6 is 0 Å². The molecule has 1 fully saturated rings. The van der Waals surface area contributed by atoms with Gasteiger partial charge in [0.1, 0.15) is 23.4 Å². The van der Waals surface area contributed by atoms with Crippen LogP contribution in [0.5, 0.6) is 11.5 Å². The van der Waals surface area contributed by atoms with Crippen molar-refractivity contribution >= 4 is 51.8 Å². The van der Waals surface area contributed by atoms with E-state index in [0.717, 1.165) is 21.6 Å². The lowest BCUT2D eigenvalue weighted by atomic mass is 9.99. The van der Waals surface area contributed by atoms with Crippen LogP contribution in [0.15, 0.2) is 53.6 Å². The van der Waals surface area contributed by atoms with Crippen molar-refractivity contribution in [1.82, 2.24) is 24.7 Å². The summed E-state index contributed by atoms with van der Waals surface area (Å²) in [5, 5.41) is 9.06. The molecule has 0 saturated carbocycles. The van der Waals surface area contributed by atoms with Crippen LogP contribution in [-0.4, -0.2) is 116 Å². The highest BCUT2D eigenvalue weighted by atomic mass is 16.5. The molecule has 2 aliphatic heterocycles. The summed E-state index contributed by atoms with van der Waals surface area (Å²) in [5.41, 5.74) is 3.15. The Hall–Kier alpha value is -6.17. The predicted octanol–water partition coefficient (Wildman–Crippen LogP) is 2.55. The number of rotatable bonds is 17. The first-order valence-corrected chi connectivity index (χ1v) is 18.3. The lowest BCUT2D eigenvalue weighted by molar-refractivity contribution is -0.136. The first-order valence-electron chi connectivity index (χ1n) is 18.3. The van der Waals surface area contributed by atoms with Crippen LogP contribution in [0.25, 0.3) is 21.9 Å². The number of ether oxygens (including phenoxy) is 4. The van der Waals surface area contributed by atoms with Crippen molar-refractivity contribution in [2.45, 2.75) is 31.8 Å². The molecule has 1 unspecified atom stereocenters. The molecule has 0 radical (unpaired) electrons. The summed E-state index contributed by atoms with van der Waals surface area (Å²) in [5.74, 6) is -1.03. The minimum absolute atomic E-state index is 0.0508. The van der Waals surface area contributed by atoms with E-state index in [4.69, 9.17) is 18.9 Å². The zero-order valence-corrected chi connectivity index (χ0v) is 32.4. The molecule has 4 heterocycles. The predicted molar refractivity (Wildman–Crippen MR) is 209 cm³/mol. The van der Waals surface area contributed by atoms with Gasteiger partial charge in [0, 0.05) is 55.6 Å². The van der Waals surface area contributed by atoms with Crippen molar-refractivity contribution in [3.8, 4) is 22.6 Å². The number of carbonyl (C=O) groups excluding carboxylic acids is 5. The second-order valence-corrected chi connectivity index (χ2v) is 13.8. The molecule has 300 valence electrons. The van der Waals surface area contributed by atoms with Gasteiger partial charge in [-0.15, -0.1) is 0 Å². The number of pyridine rings is 2. The molecule has 0 aliphatic carbocycles. The normalized spacial score (nSPS) is 15.3. The molecule has 2 aromatic carbocycles. The Bertz CT molecular complexity index is 2260. The highest BCUT2D eigenvalue weighted by Crippen LogP contribution is 2.38. The van der Waals surface area contributed by atoms with E-state index in [0.29, 0.717) is 47.7 Å². The summed E-state index contributed by atoms with van der Waals surface area (Å²) in [7, 11) is 8.79. The summed E-state index contributed by atoms with van der Waals surface area (Å²) in [6, 6.07) is 9.11. The smallest absolute Gasteiger partial charge is 0.262 e. The number of hydrogen-bond acceptors (Lipinski definition) is 13. The number of imide groups is 2. The van der Waals surface area contributed by atoms with Gasteiger partial charge in [-0.05, 0) is 62.5 Å². The van der Waals surface area contributed by atoms with Crippen LogP contribution in [0.1, 0.15) is 45.5 Å². The van der Waals surface area contributed by atoms with Gasteiger partial charge in [0.25, 0.3) is 17.4 Å². The average molecular weight is 784 g/mol. The Kier molecular flexibility index (Phi) is 12.6. The second kappa shape index (κ2) is 17.7. The number of fused-ring (bicyclic) bond motifs is 2. The highest BCUT2D eigenvalue weighted by molar-refractivity contribution is 6.23. The Labute approximate surface area is 328 Å². The second-order valence-electron chi connectivity index (χ2n) is 13.8. The van der Waals surface area contributed by atoms with E-state index in [1.165, 1.54) is 10.6 Å². The Balaban J connectivity index is 0.947. The van der Waals surface area contributed by atoms with E-state index in [1.807, 2.05) is 31.1 Å². The van der Waals surface area contributed by atoms with Crippen molar-refractivity contribution in [2.24, 2.45) is 7.05 Å². The number of aromatic nitrogens is 2. The zero-order valence-electron chi connectivity index (χ0n) is 32.4. The number of hydrogen-bond donors (Lipinski definition) is 3. The highest BCUT2D eigenvalue weighted by Gasteiger charge is 2.44. The Morgan fingerprint density at radius 2 is 1.60 bits per heavy atom. The molecule has 17 nitrogen and oxygen atoms in total. The maximum atomic E-state index is 13.2. The fraction of sp³-hybridized carbons (Fsp3) is 0.375. The average Bonchev–Trinajstić information content (AvgIpc) is 3.43. The molecule has 3 N–H and O–H groups in total. The van der Waals surface area contributed by atoms with Gasteiger partial charge in [0.15, 0.2) is 0 Å². The van der Waals surface area contributed by atoms with E-state index < -0.39 is 29.7 Å². The van der Waals surface area contributed by atoms with Crippen LogP contribution < -0.4 is 31.0 Å². The largest absolute Gasteiger partial charge is 0.496 e. The molecule has 57 heavy (non-hydrogen) atoms. The van der Waals surface area contributed by atoms with Crippen molar-refractivity contribution in [3.63, 3.8) is 0 Å². The third-order valence-corrected chi connectivity index (χ3v) is 9.59. The van der Waals surface area contributed by atoms with Gasteiger partial charge in [-0.2, -0.15) is 0 Å². The summed E-state index contributed by atoms with van der Waals surface area (Å²) >= 11 is 0. The van der Waals surface area contributed by atoms with Gasteiger partial charge >= 0.3 is 0 Å². The molecule has 1 atom stereocenters. The van der Waals surface area contributed by atoms with Crippen LogP contribution in [0.4, 0.5) is 11.5 Å². The molecular weight excluding hydrogens is 738 g/mol. The quantitative estimate of drug-likeness (QED) is 0.104. The molecule has 6 rings (SSSR count). The zero-order chi connectivity index (χ0) is 40.8. The van der Waals surface area contributed by atoms with Crippen LogP contribution in [-0.2, 0) is 37.4 Å². The number of nitrogens with zero attached hydrogens (tertiary/aromatic N) is 4. The molecule has 5 amide bonds. The lowest BCUT2D eigenvalue weighted by Crippen LogP contribution is -2.54. The molecule has 2 aromatic heterocycles. The molecule has 0 spiro atoms. The van der Waals surface area contributed by atoms with Gasteiger partial charge in [-0.1, -0.05) is 0 Å². The topological polar surface area (TPSA) is 200 Å². The standard InChI is InChI=1S/C40H45N7O10/c1-45(2)21-30-32(54-4)16-23(17-33(30)55-5)29-22-46(3)38(51)27-19-34(42-20-28(27)29)43-36(49)10-12-56-14-15-57-13-11-41-24-6-7-25-26(18-24)40(53)47(39(25)52)31-8-9-35(48)44-37(31)50/h6-7,16-20,22,31,41H,8-15,21H2,1-5H3,(H,42,43,49)(H,44,48,50). The van der Waals surface area contributed by atoms with E-state index >= 15 is 0 Å². The third-order valence-electron chi connectivity index (χ3n) is 9.59. The van der Waals surface area contributed by atoms with Crippen molar-refractivity contribution in [3.05, 3.63) is 75.8 Å². The van der Waals surface area contributed by atoms with Crippen LogP contribution in [0, 0.1) is 0 Å². The van der Waals surface area contributed by atoms with Crippen molar-refractivity contribution in [1.29, 1.82) is 0 Å². The van der Waals surface area contributed by atoms with Gasteiger partial charge in [-0.25, -0.2) is 4.98 Å². The first-order chi connectivity index (χ1) is 27.4. The fourth-order valence-corrected chi connectivity index (χ4v) is 6.81. The minimum Gasteiger partial charge on any atom is -0.496 e. The Morgan fingerprint density at radius 3 is 2.28 bits per heavy atom. The van der Waals surface area contributed by atoms with Gasteiger partial charge in [0.05, 0.1) is 69.1 Å². The Morgan fingerprint density at radius 1 is 0.895 bits per heavy atom. The summed E-state index contributed by atoms with van der Waals surface area (Å²) in [6.45, 7) is 1.98. The molecule has 0 bridgehead atoms. The first kappa shape index (κ1) is 40.5. The number of piperidine rings is 1. The fourth-order valence-electron chi connectivity index (χ4n) is 6.81. The van der Waals surface area contributed by atoms with E-state index in [-0.39, 0.29) is 67.5 Å². The number of methoxy groups -OCH3 is 2. The number of nitrogens with one attached hydrogen (secondary N) is 3. The number of anilines is 2. The third kappa shape index (κ3) is 8.95. The van der Waals surface area contributed by atoms with E-state index in [2.05, 4.69) is 20.9 Å². The summed E-state index contributed by atoms with van der Waals surface area (Å²) in [4.78, 5) is 83.0. The molecule has 17 heteroatoms. The van der Waals surface area contributed by atoms with Gasteiger partial charge < -0.3 is 39.0 Å². The minimum atomic E-state index is -1.02. The summed E-state index contributed by atoms with van der Waals surface area (Å²) < 4.78 is 24.1. The molecule has 4 aromatic rings. The maximum absolute atomic E-state index is 13.2. The monoisotopic (exact) mass is 783 g/mol. The lowest BCUT2D eigenvalue weighted by Gasteiger charge is -2.27. The molecule has 2 aliphatic rings. The van der Waals surface area contributed by atoms with Crippen LogP contribution in [0.2, 0.25) is 0 Å². The molecule has 1 saturated heterocycles. The SMILES string of the molecule is COc1cc(-c2cn(C)c(=O)c3cc(NC(=O)CCOCCOCCNc4ccc5c(c4)C(=O)N(C4CCC(=O)NC4=O)C5=O)ncc23)cc(OC)c1CN(C)C.